The Balaban J connectivity index is 1.21. The molecule has 1 aromatic carbocycles. The second-order valence-corrected chi connectivity index (χ2v) is 16.4. The number of hydrogen-bond donors (Lipinski definition) is 1. The van der Waals surface area contributed by atoms with Crippen molar-refractivity contribution in [2.75, 3.05) is 71.0 Å². The summed E-state index contributed by atoms with van der Waals surface area (Å²) in [6.07, 6.45) is -1.48. The number of ether oxygens (including phenoxy) is 2. The molecule has 16 heteroatoms. The number of aromatic nitrogens is 2. The van der Waals surface area contributed by atoms with Crippen LogP contribution in [-0.2, 0) is 45.2 Å². The number of sulfonamides is 1. The minimum absolute atomic E-state index is 0.0435. The molecule has 5 heterocycles. The summed E-state index contributed by atoms with van der Waals surface area (Å²) in [5.74, 6) is -0.132. The van der Waals surface area contributed by atoms with Crippen LogP contribution in [0, 0.1) is 0 Å². The van der Waals surface area contributed by atoms with Gasteiger partial charge in [-0.1, -0.05) is 6.07 Å². The SMILES string of the molecule is CS(=O)(=O)N1CCc2c(c(-c3ccc(C(F)(F)F)c(SCCN4CCC(F)CC4)c3)nn2C[C@@H](O)CN2CCC3(CC2)OCCCO3)C1. The number of likely N-dealkylation sites (tertiary alicyclic amines) is 2. The van der Waals surface area contributed by atoms with E-state index in [4.69, 9.17) is 14.6 Å². The highest BCUT2D eigenvalue weighted by molar-refractivity contribution is 7.99. The lowest BCUT2D eigenvalue weighted by Crippen LogP contribution is -2.51. The maximum atomic E-state index is 14.1. The highest BCUT2D eigenvalue weighted by atomic mass is 32.2. The van der Waals surface area contributed by atoms with Gasteiger partial charge in [0, 0.05) is 99.1 Å². The molecule has 0 amide bonds. The number of thioether (sulfide) groups is 1. The van der Waals surface area contributed by atoms with Gasteiger partial charge in [0.15, 0.2) is 5.79 Å². The fourth-order valence-corrected chi connectivity index (χ4v) is 9.01. The van der Waals surface area contributed by atoms with Gasteiger partial charge in [0.2, 0.25) is 10.0 Å². The van der Waals surface area contributed by atoms with E-state index in [1.807, 2.05) is 0 Å². The lowest BCUT2D eigenvalue weighted by molar-refractivity contribution is -0.284. The van der Waals surface area contributed by atoms with Gasteiger partial charge in [-0.25, -0.2) is 12.8 Å². The molecule has 0 radical (unpaired) electrons. The van der Waals surface area contributed by atoms with Gasteiger partial charge in [0.1, 0.15) is 6.17 Å². The highest BCUT2D eigenvalue weighted by Crippen LogP contribution is 2.40. The summed E-state index contributed by atoms with van der Waals surface area (Å²) < 4.78 is 95.8. The molecule has 6 rings (SSSR count). The van der Waals surface area contributed by atoms with Crippen LogP contribution in [0.1, 0.15) is 48.9 Å². The van der Waals surface area contributed by atoms with Crippen LogP contribution in [0.25, 0.3) is 11.3 Å². The first-order valence-corrected chi connectivity index (χ1v) is 19.6. The molecule has 1 aromatic heterocycles. The molecule has 1 N–H and O–H groups in total. The Hall–Kier alpha value is -1.79. The molecule has 10 nitrogen and oxygen atoms in total. The molecule has 268 valence electrons. The van der Waals surface area contributed by atoms with Crippen LogP contribution in [0.3, 0.4) is 0 Å². The number of fused-ring (bicyclic) bond motifs is 1. The molecule has 2 aromatic rings. The van der Waals surface area contributed by atoms with Crippen LogP contribution in [0.4, 0.5) is 17.6 Å². The fraction of sp³-hybridized carbons (Fsp3) is 0.719. The van der Waals surface area contributed by atoms with Gasteiger partial charge in [-0.3, -0.25) is 4.68 Å². The fourth-order valence-electron chi connectivity index (χ4n) is 7.10. The highest BCUT2D eigenvalue weighted by Gasteiger charge is 2.39. The molecule has 0 bridgehead atoms. The summed E-state index contributed by atoms with van der Waals surface area (Å²) >= 11 is 1.10. The van der Waals surface area contributed by atoms with Crippen LogP contribution in [0.2, 0.25) is 0 Å². The summed E-state index contributed by atoms with van der Waals surface area (Å²) in [6, 6.07) is 3.94. The van der Waals surface area contributed by atoms with E-state index >= 15 is 0 Å². The number of benzene rings is 1. The molecule has 4 aliphatic rings. The van der Waals surface area contributed by atoms with Crippen LogP contribution in [0.5, 0.6) is 0 Å². The second kappa shape index (κ2) is 14.8. The lowest BCUT2D eigenvalue weighted by Gasteiger charge is -2.43. The smallest absolute Gasteiger partial charge is 0.390 e. The number of nitrogens with zero attached hydrogens (tertiary/aromatic N) is 5. The van der Waals surface area contributed by atoms with E-state index in [9.17, 15) is 31.1 Å². The number of aliphatic hydroxyl groups excluding tert-OH is 1. The third-order valence-electron chi connectivity index (χ3n) is 9.80. The lowest BCUT2D eigenvalue weighted by atomic mass is 10.0. The van der Waals surface area contributed by atoms with E-state index < -0.39 is 39.8 Å². The molecule has 3 saturated heterocycles. The quantitative estimate of drug-likeness (QED) is 0.289. The Morgan fingerprint density at radius 3 is 2.44 bits per heavy atom. The second-order valence-electron chi connectivity index (χ2n) is 13.3. The van der Waals surface area contributed by atoms with E-state index in [0.717, 1.165) is 36.2 Å². The Bertz CT molecular complexity index is 1520. The van der Waals surface area contributed by atoms with Gasteiger partial charge in [-0.15, -0.1) is 11.8 Å². The van der Waals surface area contributed by atoms with Crippen molar-refractivity contribution >= 4 is 21.8 Å². The Morgan fingerprint density at radius 1 is 1.06 bits per heavy atom. The zero-order valence-corrected chi connectivity index (χ0v) is 28.9. The number of hydrogen-bond acceptors (Lipinski definition) is 9. The predicted molar refractivity (Wildman–Crippen MR) is 174 cm³/mol. The average Bonchev–Trinajstić information content (AvgIpc) is 3.40. The molecule has 1 atom stereocenters. The van der Waals surface area contributed by atoms with Gasteiger partial charge in [-0.2, -0.15) is 22.6 Å². The number of aliphatic hydroxyl groups is 1. The molecular weight excluding hydrogens is 675 g/mol. The van der Waals surface area contributed by atoms with Crippen molar-refractivity contribution in [3.05, 3.63) is 35.0 Å². The predicted octanol–water partition coefficient (Wildman–Crippen LogP) is 4.00. The van der Waals surface area contributed by atoms with Gasteiger partial charge in [0.25, 0.3) is 0 Å². The van der Waals surface area contributed by atoms with Crippen molar-refractivity contribution in [1.82, 2.24) is 23.9 Å². The minimum Gasteiger partial charge on any atom is -0.390 e. The van der Waals surface area contributed by atoms with Crippen LogP contribution in [-0.4, -0.2) is 127 Å². The Labute approximate surface area is 283 Å². The van der Waals surface area contributed by atoms with Gasteiger partial charge < -0.3 is 24.4 Å². The van der Waals surface area contributed by atoms with E-state index in [0.29, 0.717) is 107 Å². The summed E-state index contributed by atoms with van der Waals surface area (Å²) in [4.78, 5) is 4.30. The first-order valence-electron chi connectivity index (χ1n) is 16.7. The number of alkyl halides is 4. The van der Waals surface area contributed by atoms with Crippen molar-refractivity contribution in [3.8, 4) is 11.3 Å². The third kappa shape index (κ3) is 8.56. The molecule has 0 aliphatic carbocycles. The van der Waals surface area contributed by atoms with Crippen LogP contribution >= 0.6 is 11.8 Å². The number of rotatable bonds is 10. The maximum Gasteiger partial charge on any atom is 0.417 e. The monoisotopic (exact) mass is 719 g/mol. The van der Waals surface area contributed by atoms with Gasteiger partial charge >= 0.3 is 6.18 Å². The summed E-state index contributed by atoms with van der Waals surface area (Å²) in [7, 11) is -3.53. The third-order valence-corrected chi connectivity index (χ3v) is 12.1. The zero-order valence-electron chi connectivity index (χ0n) is 27.3. The topological polar surface area (TPSA) is 100 Å². The summed E-state index contributed by atoms with van der Waals surface area (Å²) in [5, 5.41) is 16.0. The Morgan fingerprint density at radius 2 is 1.77 bits per heavy atom. The molecule has 0 saturated carbocycles. The van der Waals surface area contributed by atoms with Gasteiger partial charge in [-0.05, 0) is 31.4 Å². The maximum absolute atomic E-state index is 14.1. The van der Waals surface area contributed by atoms with E-state index in [2.05, 4.69) is 9.80 Å². The number of halogens is 4. The van der Waals surface area contributed by atoms with E-state index in [-0.39, 0.29) is 24.5 Å². The number of piperidine rings is 2. The molecule has 0 unspecified atom stereocenters. The standard InChI is InChI=1S/C32H45F4N5O5S2/c1-48(43,44)40-12-7-28-26(22-40)30(37-41(28)21-25(42)20-39-13-8-31(9-14-39)45-16-2-17-46-31)23-3-4-27(32(34,35)36)29(19-23)47-18-15-38-10-5-24(33)6-11-38/h3-4,19,24-25,42H,2,5-18,20-22H2,1H3/t25-/m0/s1. The number of β-amino-alcohol motifs (C(OH)–C–C–N with tert-alkyl or cyclic N) is 1. The molecule has 4 aliphatic heterocycles. The largest absolute Gasteiger partial charge is 0.417 e. The van der Waals surface area contributed by atoms with E-state index in [1.54, 1.807) is 4.68 Å². The van der Waals surface area contributed by atoms with Crippen molar-refractivity contribution in [3.63, 3.8) is 0 Å². The van der Waals surface area contributed by atoms with Crippen molar-refractivity contribution < 1.29 is 40.6 Å². The normalized spacial score (nSPS) is 22.6. The average molecular weight is 720 g/mol. The molecular formula is C32H45F4N5O5S2. The van der Waals surface area contributed by atoms with Crippen LogP contribution in [0.15, 0.2) is 23.1 Å². The van der Waals surface area contributed by atoms with Crippen molar-refractivity contribution in [2.24, 2.45) is 0 Å². The molecule has 48 heavy (non-hydrogen) atoms. The summed E-state index contributed by atoms with van der Waals surface area (Å²) in [5.41, 5.74) is 1.54. The van der Waals surface area contributed by atoms with Gasteiger partial charge in [0.05, 0.1) is 43.4 Å². The molecule has 3 fully saturated rings. The first-order chi connectivity index (χ1) is 22.8. The van der Waals surface area contributed by atoms with Crippen LogP contribution < -0.4 is 0 Å². The zero-order chi connectivity index (χ0) is 34.1. The van der Waals surface area contributed by atoms with Crippen molar-refractivity contribution in [2.45, 2.75) is 80.7 Å². The first kappa shape index (κ1) is 36.0. The van der Waals surface area contributed by atoms with E-state index in [1.165, 1.54) is 16.4 Å². The minimum atomic E-state index is -4.56. The van der Waals surface area contributed by atoms with Crippen molar-refractivity contribution in [1.29, 1.82) is 0 Å². The molecule has 1 spiro atoms. The summed E-state index contributed by atoms with van der Waals surface area (Å²) in [6.45, 7) is 5.36. The Kier molecular flexibility index (Phi) is 11.1.